The minimum atomic E-state index is -1.07. The molecule has 1 fully saturated rings. The summed E-state index contributed by atoms with van der Waals surface area (Å²) in [6.07, 6.45) is 1.78. The highest BCUT2D eigenvalue weighted by atomic mass is 16.3. The number of amides is 1. The fraction of sp³-hybridized carbons (Fsp3) is 0.471. The number of carbonyl (C=O) groups excluding carboxylic acids is 1. The van der Waals surface area contributed by atoms with Crippen molar-refractivity contribution < 1.29 is 20.1 Å². The van der Waals surface area contributed by atoms with Crippen molar-refractivity contribution in [2.24, 2.45) is 0 Å². The van der Waals surface area contributed by atoms with E-state index in [0.29, 0.717) is 6.54 Å². The molecule has 6 nitrogen and oxygen atoms in total. The lowest BCUT2D eigenvalue weighted by Gasteiger charge is -2.28. The predicted molar refractivity (Wildman–Crippen MR) is 87.5 cm³/mol. The highest BCUT2D eigenvalue weighted by molar-refractivity contribution is 5.76. The Morgan fingerprint density at radius 2 is 1.87 bits per heavy atom. The fourth-order valence-electron chi connectivity index (χ4n) is 2.98. The van der Waals surface area contributed by atoms with Crippen molar-refractivity contribution in [1.82, 2.24) is 10.2 Å². The summed E-state index contributed by atoms with van der Waals surface area (Å²) in [6.45, 7) is 0.150. The molecule has 0 radical (unpaired) electrons. The second-order valence-corrected chi connectivity index (χ2v) is 5.69. The van der Waals surface area contributed by atoms with Gasteiger partial charge in [-0.1, -0.05) is 42.5 Å². The lowest BCUT2D eigenvalue weighted by atomic mass is 10.1. The number of aliphatic hydroxyl groups is 3. The Morgan fingerprint density at radius 1 is 1.22 bits per heavy atom. The van der Waals surface area contributed by atoms with E-state index in [-0.39, 0.29) is 18.9 Å². The van der Waals surface area contributed by atoms with E-state index >= 15 is 0 Å². The van der Waals surface area contributed by atoms with Crippen LogP contribution >= 0.6 is 0 Å². The fourth-order valence-corrected chi connectivity index (χ4v) is 2.98. The summed E-state index contributed by atoms with van der Waals surface area (Å²) in [7, 11) is 1.53. The summed E-state index contributed by atoms with van der Waals surface area (Å²) < 4.78 is 0. The molecule has 6 heteroatoms. The van der Waals surface area contributed by atoms with Crippen molar-refractivity contribution in [1.29, 1.82) is 0 Å². The molecule has 0 aromatic heterocycles. The molecule has 1 aliphatic rings. The number of likely N-dealkylation sites (tertiary alicyclic amines) is 1. The number of rotatable bonds is 6. The Morgan fingerprint density at radius 3 is 2.48 bits per heavy atom. The minimum Gasteiger partial charge on any atom is -0.395 e. The molecule has 23 heavy (non-hydrogen) atoms. The minimum absolute atomic E-state index is 0.0738. The van der Waals surface area contributed by atoms with E-state index in [1.54, 1.807) is 4.90 Å². The highest BCUT2D eigenvalue weighted by Crippen LogP contribution is 2.27. The molecule has 0 aliphatic carbocycles. The Bertz CT molecular complexity index is 535. The first kappa shape index (κ1) is 17.6. The molecule has 0 saturated carbocycles. The van der Waals surface area contributed by atoms with Gasteiger partial charge in [0.05, 0.1) is 24.9 Å². The molecule has 1 heterocycles. The molecular formula is C17H24N2O4. The third-order valence-corrected chi connectivity index (χ3v) is 4.28. The molecule has 126 valence electrons. The van der Waals surface area contributed by atoms with Crippen LogP contribution in [0.4, 0.5) is 0 Å². The van der Waals surface area contributed by atoms with Gasteiger partial charge in [-0.15, -0.1) is 0 Å². The number of aliphatic hydroxyl groups excluding tert-OH is 3. The maximum atomic E-state index is 11.6. The van der Waals surface area contributed by atoms with Crippen LogP contribution in [0.1, 0.15) is 12.0 Å². The van der Waals surface area contributed by atoms with Crippen LogP contribution in [0.3, 0.4) is 0 Å². The Kier molecular flexibility index (Phi) is 6.29. The number of nitrogens with one attached hydrogen (secondary N) is 1. The summed E-state index contributed by atoms with van der Waals surface area (Å²) >= 11 is 0. The zero-order chi connectivity index (χ0) is 16.8. The van der Waals surface area contributed by atoms with Gasteiger partial charge in [-0.25, -0.2) is 0 Å². The zero-order valence-electron chi connectivity index (χ0n) is 13.2. The summed E-state index contributed by atoms with van der Waals surface area (Å²) in [5.41, 5.74) is 1.04. The van der Waals surface area contributed by atoms with E-state index in [4.69, 9.17) is 0 Å². The van der Waals surface area contributed by atoms with E-state index < -0.39 is 24.3 Å². The van der Waals surface area contributed by atoms with Crippen molar-refractivity contribution in [3.63, 3.8) is 0 Å². The highest BCUT2D eigenvalue weighted by Gasteiger charge is 2.47. The average molecular weight is 320 g/mol. The van der Waals surface area contributed by atoms with Crippen LogP contribution in [-0.4, -0.2) is 70.6 Å². The van der Waals surface area contributed by atoms with Gasteiger partial charge in [-0.3, -0.25) is 9.69 Å². The number of nitrogens with zero attached hydrogens (tertiary/aromatic N) is 1. The van der Waals surface area contributed by atoms with Gasteiger partial charge in [0.25, 0.3) is 0 Å². The zero-order valence-corrected chi connectivity index (χ0v) is 13.2. The maximum Gasteiger partial charge on any atom is 0.221 e. The van der Waals surface area contributed by atoms with Crippen LogP contribution in [0, 0.1) is 0 Å². The first-order valence-corrected chi connectivity index (χ1v) is 7.73. The number of hydrogen-bond donors (Lipinski definition) is 4. The number of hydrogen-bond acceptors (Lipinski definition) is 5. The predicted octanol–water partition coefficient (Wildman–Crippen LogP) is -0.397. The summed E-state index contributed by atoms with van der Waals surface area (Å²) in [6, 6.07) is 8.64. The molecule has 4 atom stereocenters. The second-order valence-electron chi connectivity index (χ2n) is 5.69. The van der Waals surface area contributed by atoms with Gasteiger partial charge >= 0.3 is 0 Å². The van der Waals surface area contributed by atoms with E-state index in [2.05, 4.69) is 5.32 Å². The molecule has 1 saturated heterocycles. The topological polar surface area (TPSA) is 93.0 Å². The normalized spacial score (nSPS) is 28.3. The molecule has 2 rings (SSSR count). The van der Waals surface area contributed by atoms with Crippen LogP contribution in [0.25, 0.3) is 6.08 Å². The number of carbonyl (C=O) groups is 1. The smallest absolute Gasteiger partial charge is 0.221 e. The van der Waals surface area contributed by atoms with Gasteiger partial charge in [0.1, 0.15) is 0 Å². The molecule has 1 amide bonds. The molecule has 1 aromatic carbocycles. The third-order valence-electron chi connectivity index (χ3n) is 4.28. The molecule has 4 N–H and O–H groups in total. The standard InChI is InChI=1S/C17H24N2O4/c1-18-15(21)10-13-16(22)17(23)14(11-20)19(13)9-5-8-12-6-3-2-4-7-12/h2-8,13-14,16-17,20,22-23H,9-11H2,1H3,(H,18,21)/b8-5+. The Hall–Kier alpha value is -1.73. The lowest BCUT2D eigenvalue weighted by molar-refractivity contribution is -0.122. The lowest BCUT2D eigenvalue weighted by Crippen LogP contribution is -2.43. The van der Waals surface area contributed by atoms with Crippen molar-refractivity contribution >= 4 is 12.0 Å². The second kappa shape index (κ2) is 8.21. The molecule has 1 aromatic rings. The van der Waals surface area contributed by atoms with Gasteiger partial charge in [-0.2, -0.15) is 0 Å². The molecule has 0 bridgehead atoms. The van der Waals surface area contributed by atoms with Gasteiger partial charge in [0.15, 0.2) is 0 Å². The van der Waals surface area contributed by atoms with E-state index in [0.717, 1.165) is 5.56 Å². The molecular weight excluding hydrogens is 296 g/mol. The van der Waals surface area contributed by atoms with E-state index in [1.807, 2.05) is 42.5 Å². The monoisotopic (exact) mass is 320 g/mol. The third kappa shape index (κ3) is 4.17. The van der Waals surface area contributed by atoms with Gasteiger partial charge in [0.2, 0.25) is 5.91 Å². The number of benzene rings is 1. The van der Waals surface area contributed by atoms with E-state index in [1.165, 1.54) is 7.05 Å². The first-order valence-electron chi connectivity index (χ1n) is 7.73. The van der Waals surface area contributed by atoms with Crippen LogP contribution in [-0.2, 0) is 4.79 Å². The average Bonchev–Trinajstić information content (AvgIpc) is 2.80. The van der Waals surface area contributed by atoms with Gasteiger partial charge in [-0.05, 0) is 5.56 Å². The van der Waals surface area contributed by atoms with Crippen molar-refractivity contribution in [2.75, 3.05) is 20.2 Å². The SMILES string of the molecule is CNC(=O)CC1C(O)C(O)C(CO)N1C/C=C/c1ccccc1. The van der Waals surface area contributed by atoms with Crippen molar-refractivity contribution in [2.45, 2.75) is 30.7 Å². The summed E-state index contributed by atoms with van der Waals surface area (Å²) in [4.78, 5) is 13.4. The first-order chi connectivity index (χ1) is 11.1. The molecule has 4 unspecified atom stereocenters. The van der Waals surface area contributed by atoms with Gasteiger partial charge < -0.3 is 20.6 Å². The van der Waals surface area contributed by atoms with Crippen LogP contribution < -0.4 is 5.32 Å². The van der Waals surface area contributed by atoms with Crippen LogP contribution in [0.15, 0.2) is 36.4 Å². The van der Waals surface area contributed by atoms with Crippen LogP contribution in [0.2, 0.25) is 0 Å². The Balaban J connectivity index is 2.10. The largest absolute Gasteiger partial charge is 0.395 e. The van der Waals surface area contributed by atoms with Crippen LogP contribution in [0.5, 0.6) is 0 Å². The summed E-state index contributed by atoms with van der Waals surface area (Å²) in [5.74, 6) is -0.211. The van der Waals surface area contributed by atoms with Crippen molar-refractivity contribution in [3.05, 3.63) is 42.0 Å². The van der Waals surface area contributed by atoms with Gasteiger partial charge in [0, 0.05) is 26.1 Å². The summed E-state index contributed by atoms with van der Waals surface area (Å²) in [5, 5.41) is 32.3. The maximum absolute atomic E-state index is 11.6. The molecule has 0 spiro atoms. The van der Waals surface area contributed by atoms with E-state index in [9.17, 15) is 20.1 Å². The Labute approximate surface area is 136 Å². The quantitative estimate of drug-likeness (QED) is 0.572. The molecule has 1 aliphatic heterocycles. The van der Waals surface area contributed by atoms with Crippen molar-refractivity contribution in [3.8, 4) is 0 Å².